The molecule has 0 saturated heterocycles. The number of ether oxygens (including phenoxy) is 1. The number of pyridine rings is 1. The van der Waals surface area contributed by atoms with Crippen molar-refractivity contribution < 1.29 is 9.53 Å². The number of benzene rings is 2. The number of para-hydroxylation sites is 2. The second kappa shape index (κ2) is 7.63. The number of anilines is 2. The van der Waals surface area contributed by atoms with Gasteiger partial charge in [0, 0.05) is 17.1 Å². The van der Waals surface area contributed by atoms with Gasteiger partial charge in [0.1, 0.15) is 17.1 Å². The number of carbonyl (C=O) groups is 1. The number of nitrogens with zero attached hydrogens (tertiary/aromatic N) is 3. The van der Waals surface area contributed by atoms with Crippen LogP contribution in [-0.2, 0) is 0 Å². The van der Waals surface area contributed by atoms with Crippen LogP contribution >= 0.6 is 0 Å². The van der Waals surface area contributed by atoms with Crippen molar-refractivity contribution in [3.8, 4) is 11.6 Å². The molecular formula is C22H21N5O2. The van der Waals surface area contributed by atoms with E-state index in [2.05, 4.69) is 15.7 Å². The maximum Gasteiger partial charge on any atom is 0.324 e. The van der Waals surface area contributed by atoms with Gasteiger partial charge in [-0.3, -0.25) is 5.32 Å². The minimum Gasteiger partial charge on any atom is -0.494 e. The van der Waals surface area contributed by atoms with E-state index < -0.39 is 0 Å². The van der Waals surface area contributed by atoms with E-state index in [0.717, 1.165) is 22.2 Å². The maximum absolute atomic E-state index is 12.5. The van der Waals surface area contributed by atoms with Gasteiger partial charge in [-0.05, 0) is 43.7 Å². The summed E-state index contributed by atoms with van der Waals surface area (Å²) in [4.78, 5) is 17.2. The molecule has 0 atom stereocenters. The van der Waals surface area contributed by atoms with Crippen molar-refractivity contribution in [2.75, 3.05) is 17.7 Å². The van der Waals surface area contributed by atoms with E-state index >= 15 is 0 Å². The van der Waals surface area contributed by atoms with E-state index in [1.165, 1.54) is 0 Å². The highest BCUT2D eigenvalue weighted by molar-refractivity contribution is 5.99. The van der Waals surface area contributed by atoms with Crippen molar-refractivity contribution in [3.05, 3.63) is 71.9 Å². The summed E-state index contributed by atoms with van der Waals surface area (Å²) in [6, 6.07) is 18.5. The van der Waals surface area contributed by atoms with Gasteiger partial charge in [0.05, 0.1) is 12.8 Å². The fourth-order valence-corrected chi connectivity index (χ4v) is 3.21. The van der Waals surface area contributed by atoms with E-state index in [4.69, 9.17) is 9.72 Å². The van der Waals surface area contributed by atoms with Crippen molar-refractivity contribution in [2.45, 2.75) is 13.8 Å². The quantitative estimate of drug-likeness (QED) is 0.532. The molecule has 4 aromatic rings. The van der Waals surface area contributed by atoms with Crippen molar-refractivity contribution >= 4 is 28.4 Å². The summed E-state index contributed by atoms with van der Waals surface area (Å²) in [6.45, 7) is 3.88. The number of aromatic nitrogens is 3. The molecule has 0 saturated carbocycles. The molecule has 2 heterocycles. The largest absolute Gasteiger partial charge is 0.494 e. The highest BCUT2D eigenvalue weighted by Gasteiger charge is 2.15. The molecule has 0 radical (unpaired) electrons. The molecule has 0 unspecified atom stereocenters. The van der Waals surface area contributed by atoms with Crippen LogP contribution in [0.3, 0.4) is 0 Å². The van der Waals surface area contributed by atoms with Crippen molar-refractivity contribution in [2.24, 2.45) is 0 Å². The third-order valence-corrected chi connectivity index (χ3v) is 4.54. The summed E-state index contributed by atoms with van der Waals surface area (Å²) >= 11 is 0. The highest BCUT2D eigenvalue weighted by Crippen LogP contribution is 2.28. The topological polar surface area (TPSA) is 81.1 Å². The summed E-state index contributed by atoms with van der Waals surface area (Å²) in [5.74, 6) is 1.81. The molecule has 2 aromatic heterocycles. The number of nitrogens with one attached hydrogen (secondary N) is 2. The molecule has 0 aliphatic rings. The fraction of sp³-hybridized carbons (Fsp3) is 0.136. The Kier molecular flexibility index (Phi) is 4.87. The number of hydrogen-bond donors (Lipinski definition) is 2. The molecule has 2 aromatic carbocycles. The normalized spacial score (nSPS) is 10.7. The Hall–Kier alpha value is -3.87. The molecule has 4 rings (SSSR count). The van der Waals surface area contributed by atoms with Gasteiger partial charge in [-0.15, -0.1) is 0 Å². The SMILES string of the molecule is COc1cccc2c(C)cc(-n3nc(C)cc3NC(=O)Nc3ccccc3)nc12. The van der Waals surface area contributed by atoms with Gasteiger partial charge >= 0.3 is 6.03 Å². The van der Waals surface area contributed by atoms with E-state index in [0.29, 0.717) is 23.1 Å². The molecule has 2 amide bonds. The lowest BCUT2D eigenvalue weighted by Gasteiger charge is -2.12. The molecule has 0 aliphatic heterocycles. The Labute approximate surface area is 168 Å². The predicted molar refractivity (Wildman–Crippen MR) is 114 cm³/mol. The molecule has 7 nitrogen and oxygen atoms in total. The first-order valence-corrected chi connectivity index (χ1v) is 9.19. The van der Waals surface area contributed by atoms with E-state index in [1.54, 1.807) is 17.9 Å². The van der Waals surface area contributed by atoms with Crippen LogP contribution in [0.15, 0.2) is 60.7 Å². The van der Waals surface area contributed by atoms with Crippen LogP contribution in [-0.4, -0.2) is 27.9 Å². The Morgan fingerprint density at radius 2 is 1.79 bits per heavy atom. The summed E-state index contributed by atoms with van der Waals surface area (Å²) in [7, 11) is 1.62. The molecule has 0 spiro atoms. The molecule has 146 valence electrons. The van der Waals surface area contributed by atoms with E-state index in [-0.39, 0.29) is 6.03 Å². The van der Waals surface area contributed by atoms with Crippen LogP contribution in [0.1, 0.15) is 11.3 Å². The molecule has 29 heavy (non-hydrogen) atoms. The van der Waals surface area contributed by atoms with Crippen molar-refractivity contribution in [3.63, 3.8) is 0 Å². The lowest BCUT2D eigenvalue weighted by molar-refractivity contribution is 0.262. The number of urea groups is 1. The Morgan fingerprint density at radius 1 is 1.00 bits per heavy atom. The van der Waals surface area contributed by atoms with Gasteiger partial charge in [0.2, 0.25) is 0 Å². The number of rotatable bonds is 4. The fourth-order valence-electron chi connectivity index (χ4n) is 3.21. The van der Waals surface area contributed by atoms with Crippen LogP contribution in [0.4, 0.5) is 16.3 Å². The van der Waals surface area contributed by atoms with Gasteiger partial charge in [-0.1, -0.05) is 30.3 Å². The standard InChI is InChI=1S/C22H21N5O2/c1-14-12-19(24-21-17(14)10-7-11-18(21)29-3)27-20(13-15(2)26-27)25-22(28)23-16-8-5-4-6-9-16/h4-13H,1-3H3,(H2,23,25,28). The molecule has 0 bridgehead atoms. The van der Waals surface area contributed by atoms with Crippen LogP contribution < -0.4 is 15.4 Å². The predicted octanol–water partition coefficient (Wildman–Crippen LogP) is 4.69. The average Bonchev–Trinajstić information content (AvgIpc) is 3.08. The summed E-state index contributed by atoms with van der Waals surface area (Å²) in [5, 5.41) is 11.2. The Balaban J connectivity index is 1.70. The zero-order valence-electron chi connectivity index (χ0n) is 16.4. The number of amides is 2. The lowest BCUT2D eigenvalue weighted by atomic mass is 10.1. The van der Waals surface area contributed by atoms with Gasteiger partial charge in [-0.2, -0.15) is 9.78 Å². The van der Waals surface area contributed by atoms with Crippen LogP contribution in [0.5, 0.6) is 5.75 Å². The third kappa shape index (κ3) is 3.75. The van der Waals surface area contributed by atoms with E-state index in [1.807, 2.05) is 68.4 Å². The van der Waals surface area contributed by atoms with E-state index in [9.17, 15) is 4.79 Å². The number of hydrogen-bond acceptors (Lipinski definition) is 4. The van der Waals surface area contributed by atoms with Crippen LogP contribution in [0.25, 0.3) is 16.7 Å². The smallest absolute Gasteiger partial charge is 0.324 e. The van der Waals surface area contributed by atoms with Crippen LogP contribution in [0, 0.1) is 13.8 Å². The van der Waals surface area contributed by atoms with Crippen molar-refractivity contribution in [1.82, 2.24) is 14.8 Å². The first-order valence-electron chi connectivity index (χ1n) is 9.19. The lowest BCUT2D eigenvalue weighted by Crippen LogP contribution is -2.21. The molecule has 0 aliphatic carbocycles. The average molecular weight is 387 g/mol. The monoisotopic (exact) mass is 387 g/mol. The minimum atomic E-state index is -0.354. The second-order valence-corrected chi connectivity index (χ2v) is 6.68. The first-order chi connectivity index (χ1) is 14.0. The summed E-state index contributed by atoms with van der Waals surface area (Å²) in [6.07, 6.45) is 0. The minimum absolute atomic E-state index is 0.354. The molecular weight excluding hydrogens is 366 g/mol. The third-order valence-electron chi connectivity index (χ3n) is 4.54. The number of methoxy groups -OCH3 is 1. The number of aryl methyl sites for hydroxylation is 2. The zero-order valence-corrected chi connectivity index (χ0v) is 16.4. The first kappa shape index (κ1) is 18.5. The number of fused-ring (bicyclic) bond motifs is 1. The van der Waals surface area contributed by atoms with Crippen molar-refractivity contribution in [1.29, 1.82) is 0 Å². The van der Waals surface area contributed by atoms with Gasteiger partial charge in [0.15, 0.2) is 5.82 Å². The molecule has 7 heteroatoms. The zero-order chi connectivity index (χ0) is 20.4. The highest BCUT2D eigenvalue weighted by atomic mass is 16.5. The summed E-state index contributed by atoms with van der Waals surface area (Å²) < 4.78 is 7.09. The number of carbonyl (C=O) groups excluding carboxylic acids is 1. The van der Waals surface area contributed by atoms with Crippen LogP contribution in [0.2, 0.25) is 0 Å². The molecule has 0 fully saturated rings. The van der Waals surface area contributed by atoms with Gasteiger partial charge in [0.25, 0.3) is 0 Å². The summed E-state index contributed by atoms with van der Waals surface area (Å²) in [5.41, 5.74) is 3.26. The Morgan fingerprint density at radius 3 is 2.55 bits per heavy atom. The molecule has 2 N–H and O–H groups in total. The van der Waals surface area contributed by atoms with Gasteiger partial charge in [-0.25, -0.2) is 9.78 Å². The second-order valence-electron chi connectivity index (χ2n) is 6.68. The Bertz CT molecular complexity index is 1180. The van der Waals surface area contributed by atoms with Gasteiger partial charge < -0.3 is 10.1 Å². The maximum atomic E-state index is 12.5.